The summed E-state index contributed by atoms with van der Waals surface area (Å²) in [6.07, 6.45) is 4.02. The van der Waals surface area contributed by atoms with E-state index < -0.39 is 0 Å². The van der Waals surface area contributed by atoms with Crippen LogP contribution in [0.3, 0.4) is 0 Å². The van der Waals surface area contributed by atoms with Gasteiger partial charge >= 0.3 is 0 Å². The SMILES string of the molecule is CCOC1CC(CC(=O)NCC(N)CC(C)C)C1. The lowest BCUT2D eigenvalue weighted by Gasteiger charge is -2.34. The van der Waals surface area contributed by atoms with Gasteiger partial charge in [0.25, 0.3) is 0 Å². The Morgan fingerprint density at radius 3 is 2.67 bits per heavy atom. The van der Waals surface area contributed by atoms with Crippen LogP contribution < -0.4 is 11.1 Å². The molecule has 1 aliphatic carbocycles. The molecular formula is C14H28N2O2. The van der Waals surface area contributed by atoms with Crippen molar-refractivity contribution in [1.82, 2.24) is 5.32 Å². The molecule has 106 valence electrons. The van der Waals surface area contributed by atoms with E-state index in [9.17, 15) is 4.79 Å². The molecule has 1 rings (SSSR count). The second kappa shape index (κ2) is 7.74. The van der Waals surface area contributed by atoms with E-state index in [0.717, 1.165) is 25.9 Å². The third-order valence-corrected chi connectivity index (χ3v) is 3.40. The summed E-state index contributed by atoms with van der Waals surface area (Å²) in [5.74, 6) is 1.22. The van der Waals surface area contributed by atoms with Crippen molar-refractivity contribution < 1.29 is 9.53 Å². The maximum absolute atomic E-state index is 11.7. The molecule has 1 aliphatic rings. The van der Waals surface area contributed by atoms with Crippen molar-refractivity contribution in [3.63, 3.8) is 0 Å². The van der Waals surface area contributed by atoms with Gasteiger partial charge in [0.05, 0.1) is 6.10 Å². The number of ether oxygens (including phenoxy) is 1. The van der Waals surface area contributed by atoms with Crippen molar-refractivity contribution in [2.75, 3.05) is 13.2 Å². The summed E-state index contributed by atoms with van der Waals surface area (Å²) >= 11 is 0. The minimum absolute atomic E-state index is 0.0755. The van der Waals surface area contributed by atoms with E-state index in [1.807, 2.05) is 6.92 Å². The summed E-state index contributed by atoms with van der Waals surface area (Å²) in [4.78, 5) is 11.7. The lowest BCUT2D eigenvalue weighted by molar-refractivity contribution is -0.124. The minimum atomic E-state index is 0.0755. The summed E-state index contributed by atoms with van der Waals surface area (Å²) < 4.78 is 5.48. The van der Waals surface area contributed by atoms with Gasteiger partial charge in [0.2, 0.25) is 5.91 Å². The molecule has 1 saturated carbocycles. The Hall–Kier alpha value is -0.610. The van der Waals surface area contributed by atoms with Gasteiger partial charge in [0.1, 0.15) is 0 Å². The van der Waals surface area contributed by atoms with Gasteiger partial charge in [-0.15, -0.1) is 0 Å². The van der Waals surface area contributed by atoms with Gasteiger partial charge in [0, 0.05) is 25.6 Å². The van der Waals surface area contributed by atoms with Crippen LogP contribution in [0.5, 0.6) is 0 Å². The van der Waals surface area contributed by atoms with Crippen LogP contribution >= 0.6 is 0 Å². The van der Waals surface area contributed by atoms with E-state index in [4.69, 9.17) is 10.5 Å². The highest BCUT2D eigenvalue weighted by atomic mass is 16.5. The number of nitrogens with one attached hydrogen (secondary N) is 1. The fraction of sp³-hybridized carbons (Fsp3) is 0.929. The highest BCUT2D eigenvalue weighted by Gasteiger charge is 2.30. The average molecular weight is 256 g/mol. The molecule has 1 atom stereocenters. The molecule has 0 radical (unpaired) electrons. The van der Waals surface area contributed by atoms with Crippen LogP contribution in [0.25, 0.3) is 0 Å². The van der Waals surface area contributed by atoms with Gasteiger partial charge < -0.3 is 15.8 Å². The van der Waals surface area contributed by atoms with Crippen LogP contribution in [0.2, 0.25) is 0 Å². The molecule has 1 amide bonds. The van der Waals surface area contributed by atoms with Crippen molar-refractivity contribution in [1.29, 1.82) is 0 Å². The van der Waals surface area contributed by atoms with Crippen LogP contribution in [0, 0.1) is 11.8 Å². The number of amides is 1. The number of rotatable bonds is 8. The van der Waals surface area contributed by atoms with E-state index in [0.29, 0.717) is 30.9 Å². The topological polar surface area (TPSA) is 64.3 Å². The minimum Gasteiger partial charge on any atom is -0.378 e. The standard InChI is InChI=1S/C14H28N2O2/c1-4-18-13-6-11(7-13)8-14(17)16-9-12(15)5-10(2)3/h10-13H,4-9,15H2,1-3H3,(H,16,17). The Morgan fingerprint density at radius 1 is 1.44 bits per heavy atom. The van der Waals surface area contributed by atoms with Crippen molar-refractivity contribution in [2.45, 2.75) is 58.6 Å². The van der Waals surface area contributed by atoms with E-state index in [2.05, 4.69) is 19.2 Å². The molecule has 18 heavy (non-hydrogen) atoms. The number of nitrogens with two attached hydrogens (primary N) is 1. The van der Waals surface area contributed by atoms with Crippen molar-refractivity contribution in [2.24, 2.45) is 17.6 Å². The summed E-state index contributed by atoms with van der Waals surface area (Å²) in [7, 11) is 0. The molecule has 0 aromatic rings. The molecule has 0 aromatic carbocycles. The Balaban J connectivity index is 2.05. The van der Waals surface area contributed by atoms with E-state index in [1.54, 1.807) is 0 Å². The largest absolute Gasteiger partial charge is 0.378 e. The molecular weight excluding hydrogens is 228 g/mol. The predicted molar refractivity (Wildman–Crippen MR) is 73.2 cm³/mol. The van der Waals surface area contributed by atoms with Gasteiger partial charge in [-0.25, -0.2) is 0 Å². The highest BCUT2D eigenvalue weighted by molar-refractivity contribution is 5.76. The van der Waals surface area contributed by atoms with Gasteiger partial charge in [-0.1, -0.05) is 13.8 Å². The molecule has 1 unspecified atom stereocenters. The van der Waals surface area contributed by atoms with E-state index in [-0.39, 0.29) is 11.9 Å². The zero-order valence-corrected chi connectivity index (χ0v) is 11.9. The van der Waals surface area contributed by atoms with E-state index in [1.165, 1.54) is 0 Å². The van der Waals surface area contributed by atoms with Gasteiger partial charge in [-0.2, -0.15) is 0 Å². The summed E-state index contributed by atoms with van der Waals surface area (Å²) in [5.41, 5.74) is 5.93. The van der Waals surface area contributed by atoms with Crippen LogP contribution in [-0.2, 0) is 9.53 Å². The van der Waals surface area contributed by atoms with Crippen LogP contribution in [0.1, 0.15) is 46.5 Å². The molecule has 0 aromatic heterocycles. The zero-order chi connectivity index (χ0) is 13.5. The molecule has 1 fully saturated rings. The van der Waals surface area contributed by atoms with Gasteiger partial charge in [-0.3, -0.25) is 4.79 Å². The molecule has 4 heteroatoms. The normalized spacial score (nSPS) is 24.7. The lowest BCUT2D eigenvalue weighted by Crippen LogP contribution is -2.40. The second-order valence-corrected chi connectivity index (χ2v) is 5.81. The Labute approximate surface area is 111 Å². The second-order valence-electron chi connectivity index (χ2n) is 5.81. The first-order chi connectivity index (χ1) is 8.51. The maximum Gasteiger partial charge on any atom is 0.220 e. The lowest BCUT2D eigenvalue weighted by atomic mass is 9.80. The predicted octanol–water partition coefficient (Wildman–Crippen LogP) is 1.68. The first-order valence-electron chi connectivity index (χ1n) is 7.15. The quantitative estimate of drug-likeness (QED) is 0.694. The zero-order valence-electron chi connectivity index (χ0n) is 11.9. The molecule has 3 N–H and O–H groups in total. The molecule has 0 spiro atoms. The molecule has 0 bridgehead atoms. The fourth-order valence-corrected chi connectivity index (χ4v) is 2.48. The fourth-order valence-electron chi connectivity index (χ4n) is 2.48. The molecule has 0 saturated heterocycles. The number of hydrogen-bond donors (Lipinski definition) is 2. The third kappa shape index (κ3) is 5.83. The number of carbonyl (C=O) groups is 1. The monoisotopic (exact) mass is 256 g/mol. The summed E-state index contributed by atoms with van der Waals surface area (Å²) in [5, 5.41) is 2.93. The van der Waals surface area contributed by atoms with Gasteiger partial charge in [0.15, 0.2) is 0 Å². The Morgan fingerprint density at radius 2 is 2.11 bits per heavy atom. The number of carbonyl (C=O) groups excluding carboxylic acids is 1. The van der Waals surface area contributed by atoms with Crippen LogP contribution in [-0.4, -0.2) is 31.2 Å². The third-order valence-electron chi connectivity index (χ3n) is 3.40. The highest BCUT2D eigenvalue weighted by Crippen LogP contribution is 2.32. The average Bonchev–Trinajstić information content (AvgIpc) is 2.22. The van der Waals surface area contributed by atoms with Crippen molar-refractivity contribution in [3.8, 4) is 0 Å². The first kappa shape index (κ1) is 15.4. The van der Waals surface area contributed by atoms with Crippen molar-refractivity contribution in [3.05, 3.63) is 0 Å². The smallest absolute Gasteiger partial charge is 0.220 e. The van der Waals surface area contributed by atoms with Crippen LogP contribution in [0.15, 0.2) is 0 Å². The molecule has 4 nitrogen and oxygen atoms in total. The summed E-state index contributed by atoms with van der Waals surface area (Å²) in [6.45, 7) is 7.66. The van der Waals surface area contributed by atoms with E-state index >= 15 is 0 Å². The Bertz CT molecular complexity index is 250. The van der Waals surface area contributed by atoms with Crippen molar-refractivity contribution >= 4 is 5.91 Å². The first-order valence-corrected chi connectivity index (χ1v) is 7.15. The Kier molecular flexibility index (Phi) is 6.65. The van der Waals surface area contributed by atoms with Crippen LogP contribution in [0.4, 0.5) is 0 Å². The maximum atomic E-state index is 11.7. The molecule has 0 aliphatic heterocycles. The number of hydrogen-bond acceptors (Lipinski definition) is 3. The van der Waals surface area contributed by atoms with Gasteiger partial charge in [-0.05, 0) is 38.0 Å². The molecule has 0 heterocycles. The summed E-state index contributed by atoms with van der Waals surface area (Å²) in [6, 6.07) is 0.0755.